The minimum Gasteiger partial charge on any atom is -0.465 e. The molecule has 1 N–H and O–H groups in total. The first-order valence-corrected chi connectivity index (χ1v) is 28.4. The predicted molar refractivity (Wildman–Crippen MR) is 271 cm³/mol. The van der Waals surface area contributed by atoms with Gasteiger partial charge in [0, 0.05) is 38.5 Å². The van der Waals surface area contributed by atoms with E-state index >= 15 is 0 Å². The Kier molecular flexibility index (Phi) is 43.6. The minimum atomic E-state index is -0.0185. The van der Waals surface area contributed by atoms with Gasteiger partial charge < -0.3 is 14.6 Å². The number of ether oxygens (including phenoxy) is 2. The maximum Gasteiger partial charge on any atom is 0.305 e. The van der Waals surface area contributed by atoms with Crippen LogP contribution in [0, 0.1) is 11.8 Å². The normalized spacial score (nSPS) is 14.0. The Hall–Kier alpha value is -1.18. The van der Waals surface area contributed by atoms with Crippen molar-refractivity contribution in [3.05, 3.63) is 0 Å². The molecule has 0 spiro atoms. The fourth-order valence-corrected chi connectivity index (χ4v) is 9.90. The molecule has 1 saturated carbocycles. The van der Waals surface area contributed by atoms with Gasteiger partial charge in [-0.2, -0.15) is 0 Å². The number of esters is 2. The fraction of sp³-hybridized carbons (Fsp3) is 0.964. The first-order valence-electron chi connectivity index (χ1n) is 28.4. The molecule has 0 bridgehead atoms. The van der Waals surface area contributed by atoms with Crippen LogP contribution >= 0.6 is 0 Å². The Morgan fingerprint density at radius 1 is 0.444 bits per heavy atom. The number of aliphatic hydroxyl groups excluding tert-OH is 1. The average Bonchev–Trinajstić information content (AvgIpc) is 3.29. The molecule has 63 heavy (non-hydrogen) atoms. The van der Waals surface area contributed by atoms with Gasteiger partial charge in [-0.25, -0.2) is 0 Å². The number of carbonyl (C=O) groups is 2. The summed E-state index contributed by atoms with van der Waals surface area (Å²) >= 11 is 0. The van der Waals surface area contributed by atoms with E-state index in [2.05, 4.69) is 37.5 Å². The van der Waals surface area contributed by atoms with E-state index in [0.29, 0.717) is 50.5 Å². The molecule has 0 aliphatic heterocycles. The standard InChI is InChI=1S/C56H110N2O5/c1-5-9-13-17-20-27-37-52(36-26-16-12-8-4)50-62-55(60)42-32-24-34-44-57(48-49-59)46-47-58(54-40-30-23-31-41-54)45-35-25-33-43-56(61)63-51-53(38-28-21-18-14-10-6-2)39-29-22-19-15-11-7-3/h52-54,59H,5-51H2,1-4H3. The SMILES string of the molecule is CCCCCCCCC(CCCCCC)COC(=O)CCCCCN(CCO)CCN(CCCCCC(=O)OCC(CCCCCCCC)CCCCCCCC)C1CCCCC1. The van der Waals surface area contributed by atoms with Gasteiger partial charge in [0.15, 0.2) is 0 Å². The molecule has 1 atom stereocenters. The molecule has 1 aliphatic carbocycles. The zero-order chi connectivity index (χ0) is 45.7. The number of unbranched alkanes of at least 4 members (excludes halogenated alkanes) is 22. The van der Waals surface area contributed by atoms with Crippen molar-refractivity contribution < 1.29 is 24.2 Å². The van der Waals surface area contributed by atoms with Crippen LogP contribution < -0.4 is 0 Å². The van der Waals surface area contributed by atoms with Crippen LogP contribution in [-0.2, 0) is 19.1 Å². The molecule has 7 nitrogen and oxygen atoms in total. The highest BCUT2D eigenvalue weighted by Gasteiger charge is 2.22. The van der Waals surface area contributed by atoms with Crippen molar-refractivity contribution in [3.63, 3.8) is 0 Å². The average molecular weight is 892 g/mol. The van der Waals surface area contributed by atoms with E-state index in [0.717, 1.165) is 64.7 Å². The van der Waals surface area contributed by atoms with Gasteiger partial charge in [0.05, 0.1) is 19.8 Å². The molecule has 0 radical (unpaired) electrons. The molecule has 1 aliphatic rings. The van der Waals surface area contributed by atoms with Crippen LogP contribution in [0.5, 0.6) is 0 Å². The second-order valence-corrected chi connectivity index (χ2v) is 20.1. The molecule has 0 heterocycles. The summed E-state index contributed by atoms with van der Waals surface area (Å²) in [5.41, 5.74) is 0. The van der Waals surface area contributed by atoms with Crippen molar-refractivity contribution in [2.24, 2.45) is 11.8 Å². The van der Waals surface area contributed by atoms with E-state index < -0.39 is 0 Å². The Bertz CT molecular complexity index is 957. The quantitative estimate of drug-likeness (QED) is 0.0481. The van der Waals surface area contributed by atoms with Gasteiger partial charge >= 0.3 is 11.9 Å². The summed E-state index contributed by atoms with van der Waals surface area (Å²) in [5, 5.41) is 9.92. The van der Waals surface area contributed by atoms with E-state index in [1.807, 2.05) is 0 Å². The summed E-state index contributed by atoms with van der Waals surface area (Å²) in [6.45, 7) is 15.3. The molecule has 0 saturated heterocycles. The van der Waals surface area contributed by atoms with Crippen LogP contribution in [0.4, 0.5) is 0 Å². The third-order valence-corrected chi connectivity index (χ3v) is 14.2. The van der Waals surface area contributed by atoms with Crippen LogP contribution in [0.3, 0.4) is 0 Å². The molecule has 1 unspecified atom stereocenters. The van der Waals surface area contributed by atoms with Crippen LogP contribution in [0.15, 0.2) is 0 Å². The Labute approximate surface area is 393 Å². The van der Waals surface area contributed by atoms with Crippen molar-refractivity contribution in [3.8, 4) is 0 Å². The molecule has 0 aromatic heterocycles. The molecule has 7 heteroatoms. The second kappa shape index (κ2) is 46.0. The zero-order valence-corrected chi connectivity index (χ0v) is 42.9. The van der Waals surface area contributed by atoms with Gasteiger partial charge in [0.2, 0.25) is 0 Å². The fourth-order valence-electron chi connectivity index (χ4n) is 9.90. The van der Waals surface area contributed by atoms with E-state index in [1.54, 1.807) is 0 Å². The number of rotatable bonds is 48. The molecule has 1 fully saturated rings. The summed E-state index contributed by atoms with van der Waals surface area (Å²) in [6.07, 6.45) is 47.4. The summed E-state index contributed by atoms with van der Waals surface area (Å²) in [7, 11) is 0. The first kappa shape index (κ1) is 59.8. The molecular formula is C56H110N2O5. The molecule has 374 valence electrons. The zero-order valence-electron chi connectivity index (χ0n) is 42.9. The van der Waals surface area contributed by atoms with Gasteiger partial charge in [-0.1, -0.05) is 201 Å². The smallest absolute Gasteiger partial charge is 0.305 e. The maximum atomic E-state index is 12.9. The van der Waals surface area contributed by atoms with Gasteiger partial charge in [0.25, 0.3) is 0 Å². The molecule has 0 aromatic rings. The summed E-state index contributed by atoms with van der Waals surface area (Å²) in [5.74, 6) is 1.03. The van der Waals surface area contributed by atoms with E-state index in [4.69, 9.17) is 9.47 Å². The summed E-state index contributed by atoms with van der Waals surface area (Å²) in [6, 6.07) is 0.655. The maximum absolute atomic E-state index is 12.9. The third-order valence-electron chi connectivity index (χ3n) is 14.2. The Morgan fingerprint density at radius 2 is 0.825 bits per heavy atom. The monoisotopic (exact) mass is 891 g/mol. The topological polar surface area (TPSA) is 79.3 Å². The number of hydrogen-bond acceptors (Lipinski definition) is 7. The Balaban J connectivity index is 2.44. The summed E-state index contributed by atoms with van der Waals surface area (Å²) < 4.78 is 11.8. The van der Waals surface area contributed by atoms with Crippen LogP contribution in [0.2, 0.25) is 0 Å². The second-order valence-electron chi connectivity index (χ2n) is 20.1. The molecule has 0 aromatic carbocycles. The van der Waals surface area contributed by atoms with Crippen molar-refractivity contribution in [1.29, 1.82) is 0 Å². The molecular weight excluding hydrogens is 781 g/mol. The number of nitrogens with zero attached hydrogens (tertiary/aromatic N) is 2. The lowest BCUT2D eigenvalue weighted by atomic mass is 9.94. The van der Waals surface area contributed by atoms with Crippen molar-refractivity contribution in [1.82, 2.24) is 9.80 Å². The van der Waals surface area contributed by atoms with Gasteiger partial charge in [-0.05, 0) is 89.1 Å². The Morgan fingerprint density at radius 3 is 1.25 bits per heavy atom. The van der Waals surface area contributed by atoms with E-state index in [9.17, 15) is 14.7 Å². The number of carbonyl (C=O) groups excluding carboxylic acids is 2. The summed E-state index contributed by atoms with van der Waals surface area (Å²) in [4.78, 5) is 30.8. The van der Waals surface area contributed by atoms with Crippen molar-refractivity contribution >= 4 is 11.9 Å². The van der Waals surface area contributed by atoms with E-state index in [-0.39, 0.29) is 18.5 Å². The van der Waals surface area contributed by atoms with Crippen molar-refractivity contribution in [2.75, 3.05) is 52.5 Å². The van der Waals surface area contributed by atoms with Gasteiger partial charge in [-0.15, -0.1) is 0 Å². The van der Waals surface area contributed by atoms with Crippen LogP contribution in [-0.4, -0.2) is 85.4 Å². The van der Waals surface area contributed by atoms with Crippen LogP contribution in [0.25, 0.3) is 0 Å². The number of hydrogen-bond donors (Lipinski definition) is 1. The lowest BCUT2D eigenvalue weighted by molar-refractivity contribution is -0.146. The largest absolute Gasteiger partial charge is 0.465 e. The lowest BCUT2D eigenvalue weighted by Crippen LogP contribution is -2.43. The highest BCUT2D eigenvalue weighted by molar-refractivity contribution is 5.69. The molecule has 0 amide bonds. The highest BCUT2D eigenvalue weighted by Crippen LogP contribution is 2.25. The minimum absolute atomic E-state index is 0.00664. The third kappa shape index (κ3) is 37.6. The highest BCUT2D eigenvalue weighted by atomic mass is 16.5. The number of aliphatic hydroxyl groups is 1. The lowest BCUT2D eigenvalue weighted by Gasteiger charge is -2.36. The van der Waals surface area contributed by atoms with Crippen LogP contribution in [0.1, 0.15) is 278 Å². The first-order chi connectivity index (χ1) is 31.0. The van der Waals surface area contributed by atoms with Gasteiger partial charge in [0.1, 0.15) is 0 Å². The molecule has 1 rings (SSSR count). The van der Waals surface area contributed by atoms with Crippen molar-refractivity contribution in [2.45, 2.75) is 284 Å². The van der Waals surface area contributed by atoms with Gasteiger partial charge in [-0.3, -0.25) is 19.4 Å². The van der Waals surface area contributed by atoms with E-state index in [1.165, 1.54) is 199 Å². The predicted octanol–water partition coefficient (Wildman–Crippen LogP) is 15.6.